The number of carbonyl (C=O) groups is 3. The van der Waals surface area contributed by atoms with Crippen molar-refractivity contribution in [3.63, 3.8) is 0 Å². The third-order valence-electron chi connectivity index (χ3n) is 5.17. The van der Waals surface area contributed by atoms with Crippen molar-refractivity contribution in [2.75, 3.05) is 19.7 Å². The second-order valence-electron chi connectivity index (χ2n) is 10.7. The molecule has 10 heteroatoms. The van der Waals surface area contributed by atoms with E-state index in [0.29, 0.717) is 19.6 Å². The predicted molar refractivity (Wildman–Crippen MR) is 132 cm³/mol. The van der Waals surface area contributed by atoms with Crippen LogP contribution in [-0.4, -0.2) is 68.6 Å². The molecule has 0 aliphatic carbocycles. The van der Waals surface area contributed by atoms with Crippen molar-refractivity contribution in [3.05, 3.63) is 35.9 Å². The summed E-state index contributed by atoms with van der Waals surface area (Å²) >= 11 is 0. The van der Waals surface area contributed by atoms with E-state index in [0.717, 1.165) is 11.6 Å². The number of carbonyl (C=O) groups excluding carboxylic acids is 3. The fraction of sp³-hybridized carbons (Fsp3) is 0.625. The molecule has 0 bridgehead atoms. The van der Waals surface area contributed by atoms with Gasteiger partial charge in [-0.3, -0.25) is 0 Å². The van der Waals surface area contributed by atoms with E-state index in [1.807, 2.05) is 30.3 Å². The Hall–Kier alpha value is -2.75. The van der Waals surface area contributed by atoms with Gasteiger partial charge < -0.3 is 29.7 Å². The topological polar surface area (TPSA) is 106 Å². The fourth-order valence-corrected chi connectivity index (χ4v) is 4.04. The van der Waals surface area contributed by atoms with Crippen LogP contribution in [0.1, 0.15) is 32.8 Å². The van der Waals surface area contributed by atoms with Gasteiger partial charge in [0.2, 0.25) is 0 Å². The summed E-state index contributed by atoms with van der Waals surface area (Å²) in [6.07, 6.45) is -1.19. The van der Waals surface area contributed by atoms with Gasteiger partial charge in [0.1, 0.15) is 12.2 Å². The Bertz CT molecular complexity index is 822. The predicted octanol–water partition coefficient (Wildman–Crippen LogP) is 4.36. The van der Waals surface area contributed by atoms with Gasteiger partial charge in [0.05, 0.1) is 18.7 Å². The first-order valence-electron chi connectivity index (χ1n) is 11.7. The van der Waals surface area contributed by atoms with Gasteiger partial charge in [-0.1, -0.05) is 50.0 Å². The molecule has 9 nitrogen and oxygen atoms in total. The minimum absolute atomic E-state index is 0.139. The Balaban J connectivity index is 1.98. The average molecular weight is 494 g/mol. The van der Waals surface area contributed by atoms with E-state index in [2.05, 4.69) is 30.3 Å². The zero-order chi connectivity index (χ0) is 25.4. The van der Waals surface area contributed by atoms with Gasteiger partial charge in [-0.15, -0.1) is 0 Å². The molecule has 1 heterocycles. The second-order valence-corrected chi connectivity index (χ2v) is 16.3. The van der Waals surface area contributed by atoms with Crippen molar-refractivity contribution in [2.45, 2.75) is 77.2 Å². The molecule has 1 aliphatic rings. The number of rotatable bonds is 7. The van der Waals surface area contributed by atoms with Gasteiger partial charge in [-0.2, -0.15) is 0 Å². The highest BCUT2D eigenvalue weighted by Gasteiger charge is 2.36. The van der Waals surface area contributed by atoms with Crippen LogP contribution in [0.4, 0.5) is 14.4 Å². The summed E-state index contributed by atoms with van der Waals surface area (Å²) in [6, 6.07) is 9.24. The third kappa shape index (κ3) is 10.5. The molecule has 3 amide bonds. The van der Waals surface area contributed by atoms with Crippen molar-refractivity contribution in [1.29, 1.82) is 0 Å². The first-order chi connectivity index (χ1) is 15.8. The van der Waals surface area contributed by atoms with E-state index >= 15 is 0 Å². The van der Waals surface area contributed by atoms with Gasteiger partial charge in [-0.05, 0) is 38.8 Å². The molecule has 0 saturated carbocycles. The maximum atomic E-state index is 12.6. The lowest BCUT2D eigenvalue weighted by Crippen LogP contribution is -2.61. The van der Waals surface area contributed by atoms with Crippen LogP contribution in [-0.2, 0) is 20.8 Å². The molecule has 0 unspecified atom stereocenters. The van der Waals surface area contributed by atoms with Crippen molar-refractivity contribution in [2.24, 2.45) is 0 Å². The van der Waals surface area contributed by atoms with E-state index < -0.39 is 44.0 Å². The molecule has 2 atom stereocenters. The summed E-state index contributed by atoms with van der Waals surface area (Å²) in [5.41, 5.74) is 0.240. The molecule has 0 aromatic heterocycles. The Morgan fingerprint density at radius 2 is 1.62 bits per heavy atom. The smallest absolute Gasteiger partial charge is 0.410 e. The monoisotopic (exact) mass is 493 g/mol. The Labute approximate surface area is 203 Å². The van der Waals surface area contributed by atoms with E-state index in [9.17, 15) is 14.4 Å². The van der Waals surface area contributed by atoms with Crippen LogP contribution in [0.15, 0.2) is 30.3 Å². The van der Waals surface area contributed by atoms with Crippen LogP contribution in [0, 0.1) is 0 Å². The molecule has 1 aromatic rings. The van der Waals surface area contributed by atoms with E-state index in [4.69, 9.17) is 14.2 Å². The van der Waals surface area contributed by atoms with Gasteiger partial charge in [-0.25, -0.2) is 14.4 Å². The highest BCUT2D eigenvalue weighted by Crippen LogP contribution is 2.17. The molecular weight excluding hydrogens is 454 g/mol. The van der Waals surface area contributed by atoms with E-state index in [-0.39, 0.29) is 13.2 Å². The highest BCUT2D eigenvalue weighted by molar-refractivity contribution is 6.76. The number of nitrogens with zero attached hydrogens (tertiary/aromatic N) is 1. The molecule has 34 heavy (non-hydrogen) atoms. The number of hydrogen-bond acceptors (Lipinski definition) is 6. The van der Waals surface area contributed by atoms with Crippen LogP contribution >= 0.6 is 0 Å². The van der Waals surface area contributed by atoms with Crippen LogP contribution in [0.2, 0.25) is 25.7 Å². The molecule has 2 rings (SSSR count). The Morgan fingerprint density at radius 3 is 2.24 bits per heavy atom. The molecule has 2 N–H and O–H groups in total. The van der Waals surface area contributed by atoms with E-state index in [1.165, 1.54) is 4.90 Å². The molecular formula is C24H39N3O6Si. The van der Waals surface area contributed by atoms with Crippen molar-refractivity contribution in [1.82, 2.24) is 15.5 Å². The second kappa shape index (κ2) is 12.1. The lowest BCUT2D eigenvalue weighted by atomic mass is 10.00. The lowest BCUT2D eigenvalue weighted by molar-refractivity contribution is 0.0158. The Kier molecular flexibility index (Phi) is 9.78. The lowest BCUT2D eigenvalue weighted by Gasteiger charge is -2.39. The summed E-state index contributed by atoms with van der Waals surface area (Å²) in [5, 5.41) is 5.65. The van der Waals surface area contributed by atoms with Crippen molar-refractivity contribution < 1.29 is 28.6 Å². The third-order valence-corrected chi connectivity index (χ3v) is 6.87. The molecule has 1 saturated heterocycles. The number of benzene rings is 1. The normalized spacial score (nSPS) is 18.6. The number of piperidine rings is 1. The summed E-state index contributed by atoms with van der Waals surface area (Å²) in [7, 11) is -1.35. The number of alkyl carbamates (subject to hydrolysis) is 2. The molecule has 1 fully saturated rings. The number of ether oxygens (including phenoxy) is 3. The SMILES string of the molecule is CC(C)(C)OC(=O)N1CC[C@@H](NC(=O)OCc2ccccc2)[C@@H](NC(=O)OCC[Si](C)(C)C)C1. The largest absolute Gasteiger partial charge is 0.450 e. The first kappa shape index (κ1) is 27.5. The van der Waals surface area contributed by atoms with Gasteiger partial charge in [0.25, 0.3) is 0 Å². The number of hydrogen-bond donors (Lipinski definition) is 2. The fourth-order valence-electron chi connectivity index (χ4n) is 3.32. The highest BCUT2D eigenvalue weighted by atomic mass is 28.3. The number of amides is 3. The van der Waals surface area contributed by atoms with Crippen LogP contribution in [0.25, 0.3) is 0 Å². The molecule has 190 valence electrons. The number of likely N-dealkylation sites (tertiary alicyclic amines) is 1. The molecule has 1 aliphatic heterocycles. The van der Waals surface area contributed by atoms with Gasteiger partial charge in [0.15, 0.2) is 0 Å². The maximum Gasteiger partial charge on any atom is 0.410 e. The van der Waals surface area contributed by atoms with Crippen molar-refractivity contribution >= 4 is 26.4 Å². The molecule has 0 radical (unpaired) electrons. The molecule has 0 spiro atoms. The first-order valence-corrected chi connectivity index (χ1v) is 15.4. The van der Waals surface area contributed by atoms with Crippen LogP contribution < -0.4 is 10.6 Å². The summed E-state index contributed by atoms with van der Waals surface area (Å²) in [4.78, 5) is 39.0. The zero-order valence-corrected chi connectivity index (χ0v) is 22.2. The average Bonchev–Trinajstić information content (AvgIpc) is 2.72. The van der Waals surface area contributed by atoms with Crippen LogP contribution in [0.3, 0.4) is 0 Å². The van der Waals surface area contributed by atoms with E-state index in [1.54, 1.807) is 20.8 Å². The Morgan fingerprint density at radius 1 is 1.00 bits per heavy atom. The summed E-state index contributed by atoms with van der Waals surface area (Å²) in [5.74, 6) is 0. The number of nitrogens with one attached hydrogen (secondary N) is 2. The van der Waals surface area contributed by atoms with Crippen LogP contribution in [0.5, 0.6) is 0 Å². The minimum atomic E-state index is -1.35. The standard InChI is InChI=1S/C24H39N3O6Si/c1-24(2,3)33-23(30)27-13-12-19(25-22(29)32-17-18-10-8-7-9-11-18)20(16-27)26-21(28)31-14-15-34(4,5)6/h7-11,19-20H,12-17H2,1-6H3,(H,25,29)(H,26,28)/t19-,20+/m1/s1. The molecule has 1 aromatic carbocycles. The maximum absolute atomic E-state index is 12.6. The van der Waals surface area contributed by atoms with Crippen molar-refractivity contribution in [3.8, 4) is 0 Å². The quantitative estimate of drug-likeness (QED) is 0.432. The zero-order valence-electron chi connectivity index (χ0n) is 21.2. The van der Waals surface area contributed by atoms with Gasteiger partial charge >= 0.3 is 18.3 Å². The minimum Gasteiger partial charge on any atom is -0.450 e. The summed E-state index contributed by atoms with van der Waals surface area (Å²) < 4.78 is 16.2. The summed E-state index contributed by atoms with van der Waals surface area (Å²) in [6.45, 7) is 13.0. The van der Waals surface area contributed by atoms with Gasteiger partial charge in [0, 0.05) is 21.2 Å².